The number of aryl methyl sites for hydroxylation is 1. The van der Waals surface area contributed by atoms with Crippen molar-refractivity contribution in [3.8, 4) is 0 Å². The van der Waals surface area contributed by atoms with Gasteiger partial charge in [0.1, 0.15) is 0 Å². The second-order valence-electron chi connectivity index (χ2n) is 3.52. The number of halogens is 6. The molecule has 0 aliphatic heterocycles. The predicted molar refractivity (Wildman–Crippen MR) is 49.1 cm³/mol. The first-order valence-corrected chi connectivity index (χ1v) is 4.55. The Morgan fingerprint density at radius 3 is 1.76 bits per heavy atom. The number of nitrogens with two attached hydrogens (primary N) is 1. The molecule has 0 bridgehead atoms. The summed E-state index contributed by atoms with van der Waals surface area (Å²) in [6.45, 7) is 0.635. The molecule has 0 spiro atoms. The molecule has 0 radical (unpaired) electrons. The zero-order chi connectivity index (χ0) is 13.4. The monoisotopic (exact) mass is 257 g/mol. The molecule has 1 aromatic rings. The average molecular weight is 257 g/mol. The summed E-state index contributed by atoms with van der Waals surface area (Å²) in [6, 6.07) is 0.934. The van der Waals surface area contributed by atoms with Crippen molar-refractivity contribution in [2.45, 2.75) is 25.8 Å². The van der Waals surface area contributed by atoms with E-state index >= 15 is 0 Å². The normalized spacial score (nSPS) is 12.9. The minimum Gasteiger partial charge on any atom is -0.326 e. The molecule has 0 fully saturated rings. The van der Waals surface area contributed by atoms with Crippen LogP contribution in [0.15, 0.2) is 12.1 Å². The molecule has 0 heterocycles. The van der Waals surface area contributed by atoms with Crippen LogP contribution in [0.3, 0.4) is 0 Å². The molecular weight excluding hydrogens is 248 g/mol. The summed E-state index contributed by atoms with van der Waals surface area (Å²) >= 11 is 0. The molecule has 0 unspecified atom stereocenters. The molecule has 0 aliphatic rings. The van der Waals surface area contributed by atoms with Crippen LogP contribution in [0.5, 0.6) is 0 Å². The van der Waals surface area contributed by atoms with Gasteiger partial charge in [0.25, 0.3) is 0 Å². The predicted octanol–water partition coefficient (Wildman–Crippen LogP) is 3.49. The molecule has 2 N–H and O–H groups in total. The van der Waals surface area contributed by atoms with Crippen LogP contribution in [0.4, 0.5) is 26.3 Å². The molecule has 7 heteroatoms. The molecule has 96 valence electrons. The van der Waals surface area contributed by atoms with Crippen molar-refractivity contribution in [2.24, 2.45) is 5.73 Å². The van der Waals surface area contributed by atoms with E-state index in [4.69, 9.17) is 5.73 Å². The molecule has 1 nitrogen and oxygen atoms in total. The van der Waals surface area contributed by atoms with E-state index < -0.39 is 30.0 Å². The van der Waals surface area contributed by atoms with Crippen molar-refractivity contribution < 1.29 is 26.3 Å². The number of alkyl halides is 6. The van der Waals surface area contributed by atoms with E-state index in [1.807, 2.05) is 0 Å². The van der Waals surface area contributed by atoms with Crippen molar-refractivity contribution in [3.63, 3.8) is 0 Å². The fraction of sp³-hybridized carbons (Fsp3) is 0.400. The minimum atomic E-state index is -4.84. The first-order chi connectivity index (χ1) is 7.57. The van der Waals surface area contributed by atoms with Gasteiger partial charge < -0.3 is 5.73 Å². The maximum Gasteiger partial charge on any atom is 0.416 e. The Balaban J connectivity index is 3.49. The third kappa shape index (κ3) is 2.91. The Morgan fingerprint density at radius 1 is 0.941 bits per heavy atom. The molecule has 1 rings (SSSR count). The quantitative estimate of drug-likeness (QED) is 0.766. The molecule has 0 aromatic heterocycles. The van der Waals surface area contributed by atoms with Crippen LogP contribution in [0.2, 0.25) is 0 Å². The summed E-state index contributed by atoms with van der Waals surface area (Å²) in [6.07, 6.45) is -9.65. The third-order valence-corrected chi connectivity index (χ3v) is 2.28. The summed E-state index contributed by atoms with van der Waals surface area (Å²) in [5.74, 6) is 0. The molecule has 1 aromatic carbocycles. The van der Waals surface area contributed by atoms with Crippen LogP contribution < -0.4 is 5.73 Å². The molecule has 0 aliphatic carbocycles. The summed E-state index contributed by atoms with van der Waals surface area (Å²) in [4.78, 5) is 0. The summed E-state index contributed by atoms with van der Waals surface area (Å²) in [5.41, 5.74) is 1.85. The first kappa shape index (κ1) is 13.8. The Kier molecular flexibility index (Phi) is 3.42. The highest BCUT2D eigenvalue weighted by Gasteiger charge is 2.39. The van der Waals surface area contributed by atoms with Crippen LogP contribution in [-0.4, -0.2) is 0 Å². The molecule has 0 saturated heterocycles. The van der Waals surface area contributed by atoms with E-state index in [2.05, 4.69) is 0 Å². The summed E-state index contributed by atoms with van der Waals surface area (Å²) in [5, 5.41) is 0. The molecule has 0 amide bonds. The highest BCUT2D eigenvalue weighted by molar-refractivity contribution is 5.40. The fourth-order valence-electron chi connectivity index (χ4n) is 1.51. The van der Waals surface area contributed by atoms with E-state index in [1.165, 1.54) is 0 Å². The van der Waals surface area contributed by atoms with E-state index in [9.17, 15) is 26.3 Å². The van der Waals surface area contributed by atoms with Gasteiger partial charge in [-0.1, -0.05) is 6.07 Å². The van der Waals surface area contributed by atoms with Crippen LogP contribution in [0.25, 0.3) is 0 Å². The van der Waals surface area contributed by atoms with Gasteiger partial charge in [-0.15, -0.1) is 0 Å². The Labute approximate surface area is 93.2 Å². The van der Waals surface area contributed by atoms with Crippen molar-refractivity contribution in [1.82, 2.24) is 0 Å². The van der Waals surface area contributed by atoms with E-state index in [1.54, 1.807) is 0 Å². The summed E-state index contributed by atoms with van der Waals surface area (Å²) in [7, 11) is 0. The lowest BCUT2D eigenvalue weighted by atomic mass is 9.98. The highest BCUT2D eigenvalue weighted by atomic mass is 19.4. The smallest absolute Gasteiger partial charge is 0.326 e. The number of benzene rings is 1. The zero-order valence-electron chi connectivity index (χ0n) is 8.71. The lowest BCUT2D eigenvalue weighted by Gasteiger charge is -2.17. The SMILES string of the molecule is Cc1cc(CN)c(C(F)(F)F)cc1C(F)(F)F. The van der Waals surface area contributed by atoms with Crippen molar-refractivity contribution in [2.75, 3.05) is 0 Å². The van der Waals surface area contributed by atoms with Gasteiger partial charge in [-0.25, -0.2) is 0 Å². The second kappa shape index (κ2) is 4.21. The lowest BCUT2D eigenvalue weighted by molar-refractivity contribution is -0.143. The van der Waals surface area contributed by atoms with Gasteiger partial charge in [0.05, 0.1) is 11.1 Å². The van der Waals surface area contributed by atoms with Crippen LogP contribution in [0, 0.1) is 6.92 Å². The Morgan fingerprint density at radius 2 is 1.41 bits per heavy atom. The Bertz CT molecular complexity index is 418. The van der Waals surface area contributed by atoms with Gasteiger partial charge in [-0.05, 0) is 24.1 Å². The van der Waals surface area contributed by atoms with E-state index in [0.29, 0.717) is 0 Å². The van der Waals surface area contributed by atoms with Gasteiger partial charge in [0.15, 0.2) is 0 Å². The standard InChI is InChI=1S/C10H9F6N/c1-5-2-6(4-17)8(10(14,15)16)3-7(5)9(11,12)13/h2-3H,4,17H2,1H3. The van der Waals surface area contributed by atoms with E-state index in [-0.39, 0.29) is 17.2 Å². The molecule has 0 atom stereocenters. The maximum atomic E-state index is 12.5. The Hall–Kier alpha value is -1.24. The van der Waals surface area contributed by atoms with Gasteiger partial charge in [-0.2, -0.15) is 26.3 Å². The van der Waals surface area contributed by atoms with Gasteiger partial charge >= 0.3 is 12.4 Å². The van der Waals surface area contributed by atoms with Crippen LogP contribution in [0.1, 0.15) is 22.3 Å². The molecular formula is C10H9F6N. The maximum absolute atomic E-state index is 12.5. The van der Waals surface area contributed by atoms with E-state index in [0.717, 1.165) is 13.0 Å². The topological polar surface area (TPSA) is 26.0 Å². The van der Waals surface area contributed by atoms with Crippen LogP contribution in [-0.2, 0) is 18.9 Å². The number of rotatable bonds is 1. The lowest BCUT2D eigenvalue weighted by Crippen LogP contribution is -2.16. The fourth-order valence-corrected chi connectivity index (χ4v) is 1.51. The largest absolute Gasteiger partial charge is 0.416 e. The van der Waals surface area contributed by atoms with Crippen molar-refractivity contribution in [3.05, 3.63) is 34.4 Å². The number of hydrogen-bond donors (Lipinski definition) is 1. The van der Waals surface area contributed by atoms with Crippen molar-refractivity contribution >= 4 is 0 Å². The first-order valence-electron chi connectivity index (χ1n) is 4.55. The van der Waals surface area contributed by atoms with Gasteiger partial charge in [0.2, 0.25) is 0 Å². The molecule has 0 saturated carbocycles. The third-order valence-electron chi connectivity index (χ3n) is 2.28. The highest BCUT2D eigenvalue weighted by Crippen LogP contribution is 2.38. The minimum absolute atomic E-state index is 0.109. The van der Waals surface area contributed by atoms with Gasteiger partial charge in [0, 0.05) is 6.54 Å². The zero-order valence-corrected chi connectivity index (χ0v) is 8.71. The molecule has 17 heavy (non-hydrogen) atoms. The second-order valence-corrected chi connectivity index (χ2v) is 3.52. The van der Waals surface area contributed by atoms with Crippen molar-refractivity contribution in [1.29, 1.82) is 0 Å². The summed E-state index contributed by atoms with van der Waals surface area (Å²) < 4.78 is 74.9. The van der Waals surface area contributed by atoms with Gasteiger partial charge in [-0.3, -0.25) is 0 Å². The number of hydrogen-bond acceptors (Lipinski definition) is 1. The average Bonchev–Trinajstić information content (AvgIpc) is 2.13. The van der Waals surface area contributed by atoms with Crippen LogP contribution >= 0.6 is 0 Å².